The Morgan fingerprint density at radius 1 is 1.20 bits per heavy atom. The number of hydrogen-bond donors (Lipinski definition) is 1. The summed E-state index contributed by atoms with van der Waals surface area (Å²) in [5.74, 6) is 0.711. The highest BCUT2D eigenvalue weighted by Crippen LogP contribution is 2.17. The molecule has 1 aromatic heterocycles. The molecule has 0 radical (unpaired) electrons. The topological polar surface area (TPSA) is 28.7 Å². The first-order chi connectivity index (χ1) is 7.25. The molecule has 0 fully saturated rings. The van der Waals surface area contributed by atoms with Gasteiger partial charge in [-0.3, -0.25) is 0 Å². The molecule has 78 valence electrons. The third-order valence-electron chi connectivity index (χ3n) is 2.41. The maximum atomic E-state index is 4.01. The van der Waals surface area contributed by atoms with E-state index < -0.39 is 0 Å². The predicted octanol–water partition coefficient (Wildman–Crippen LogP) is 3.28. The third-order valence-corrected chi connectivity index (χ3v) is 2.41. The first-order valence-electron chi connectivity index (χ1n) is 5.33. The molecule has 2 rings (SSSR count). The van der Waals surface area contributed by atoms with Crippen LogP contribution in [0.1, 0.15) is 19.4 Å². The standard InChI is InChI=1S/C13H16N2/c1-10(2)7-11-3-5-12(6-4-11)13-8-14-9-15-13/h3-6,8-10H,7H2,1-2H3,(H,14,15). The van der Waals surface area contributed by atoms with Crippen LogP contribution in [-0.4, -0.2) is 9.97 Å². The Bertz CT molecular complexity index is 399. The first-order valence-corrected chi connectivity index (χ1v) is 5.33. The summed E-state index contributed by atoms with van der Waals surface area (Å²) >= 11 is 0. The highest BCUT2D eigenvalue weighted by atomic mass is 14.9. The van der Waals surface area contributed by atoms with Crippen molar-refractivity contribution in [1.82, 2.24) is 9.97 Å². The lowest BCUT2D eigenvalue weighted by Gasteiger charge is -2.05. The molecule has 1 heterocycles. The van der Waals surface area contributed by atoms with E-state index in [9.17, 15) is 0 Å². The van der Waals surface area contributed by atoms with Crippen molar-refractivity contribution in [1.29, 1.82) is 0 Å². The van der Waals surface area contributed by atoms with Crippen LogP contribution in [0.4, 0.5) is 0 Å². The number of nitrogens with zero attached hydrogens (tertiary/aromatic N) is 1. The number of hydrogen-bond acceptors (Lipinski definition) is 1. The number of imidazole rings is 1. The van der Waals surface area contributed by atoms with Crippen molar-refractivity contribution in [3.05, 3.63) is 42.4 Å². The van der Waals surface area contributed by atoms with Crippen LogP contribution in [0.5, 0.6) is 0 Å². The van der Waals surface area contributed by atoms with Gasteiger partial charge in [-0.1, -0.05) is 38.1 Å². The van der Waals surface area contributed by atoms with Crippen LogP contribution in [0, 0.1) is 5.92 Å². The molecule has 0 saturated heterocycles. The van der Waals surface area contributed by atoms with Gasteiger partial charge >= 0.3 is 0 Å². The molecule has 2 aromatic rings. The predicted molar refractivity (Wildman–Crippen MR) is 62.6 cm³/mol. The summed E-state index contributed by atoms with van der Waals surface area (Å²) in [4.78, 5) is 7.12. The van der Waals surface area contributed by atoms with Gasteiger partial charge in [0.1, 0.15) is 0 Å². The van der Waals surface area contributed by atoms with Gasteiger partial charge < -0.3 is 4.98 Å². The zero-order valence-corrected chi connectivity index (χ0v) is 9.20. The molecule has 1 aromatic carbocycles. The lowest BCUT2D eigenvalue weighted by molar-refractivity contribution is 0.647. The average Bonchev–Trinajstić information content (AvgIpc) is 2.71. The zero-order valence-electron chi connectivity index (χ0n) is 9.20. The van der Waals surface area contributed by atoms with E-state index in [0.717, 1.165) is 12.1 Å². The molecule has 0 aliphatic rings. The SMILES string of the molecule is CC(C)Cc1ccc(-c2cnc[nH]2)cc1. The van der Waals surface area contributed by atoms with E-state index >= 15 is 0 Å². The van der Waals surface area contributed by atoms with E-state index in [-0.39, 0.29) is 0 Å². The molecule has 0 unspecified atom stereocenters. The van der Waals surface area contributed by atoms with Crippen molar-refractivity contribution in [2.24, 2.45) is 5.92 Å². The van der Waals surface area contributed by atoms with Gasteiger partial charge in [0.25, 0.3) is 0 Å². The highest BCUT2D eigenvalue weighted by Gasteiger charge is 2.00. The van der Waals surface area contributed by atoms with Crippen molar-refractivity contribution in [3.8, 4) is 11.3 Å². The second-order valence-corrected chi connectivity index (χ2v) is 4.26. The lowest BCUT2D eigenvalue weighted by Crippen LogP contribution is -1.93. The maximum Gasteiger partial charge on any atom is 0.0924 e. The Balaban J connectivity index is 2.17. The smallest absolute Gasteiger partial charge is 0.0924 e. The molecule has 0 saturated carbocycles. The summed E-state index contributed by atoms with van der Waals surface area (Å²) in [5.41, 5.74) is 3.67. The van der Waals surface area contributed by atoms with Crippen LogP contribution in [0.25, 0.3) is 11.3 Å². The van der Waals surface area contributed by atoms with E-state index in [1.54, 1.807) is 6.33 Å². The summed E-state index contributed by atoms with van der Waals surface area (Å²) < 4.78 is 0. The molecule has 0 atom stereocenters. The van der Waals surface area contributed by atoms with Crippen molar-refractivity contribution in [3.63, 3.8) is 0 Å². The summed E-state index contributed by atoms with van der Waals surface area (Å²) in [5, 5.41) is 0. The van der Waals surface area contributed by atoms with E-state index in [4.69, 9.17) is 0 Å². The van der Waals surface area contributed by atoms with Gasteiger partial charge in [-0.2, -0.15) is 0 Å². The van der Waals surface area contributed by atoms with Crippen LogP contribution < -0.4 is 0 Å². The van der Waals surface area contributed by atoms with Gasteiger partial charge in [0.15, 0.2) is 0 Å². The molecule has 0 aliphatic heterocycles. The molecular formula is C13H16N2. The monoisotopic (exact) mass is 200 g/mol. The molecule has 2 nitrogen and oxygen atoms in total. The Kier molecular flexibility index (Phi) is 2.86. The van der Waals surface area contributed by atoms with Crippen molar-refractivity contribution in [2.45, 2.75) is 20.3 Å². The van der Waals surface area contributed by atoms with Gasteiger partial charge in [0.2, 0.25) is 0 Å². The second-order valence-electron chi connectivity index (χ2n) is 4.26. The average molecular weight is 200 g/mol. The Morgan fingerprint density at radius 2 is 1.93 bits per heavy atom. The number of aromatic amines is 1. The first kappa shape index (κ1) is 9.97. The van der Waals surface area contributed by atoms with E-state index in [1.165, 1.54) is 11.1 Å². The Labute approximate surface area is 90.4 Å². The fourth-order valence-corrected chi connectivity index (χ4v) is 1.71. The summed E-state index contributed by atoms with van der Waals surface area (Å²) in [6.45, 7) is 4.48. The van der Waals surface area contributed by atoms with Crippen LogP contribution >= 0.6 is 0 Å². The summed E-state index contributed by atoms with van der Waals surface area (Å²) in [6, 6.07) is 8.67. The summed E-state index contributed by atoms with van der Waals surface area (Å²) in [7, 11) is 0. The van der Waals surface area contributed by atoms with Gasteiger partial charge in [0, 0.05) is 0 Å². The molecule has 0 bridgehead atoms. The molecule has 2 heteroatoms. The molecule has 0 aliphatic carbocycles. The Hall–Kier alpha value is -1.57. The van der Waals surface area contributed by atoms with Gasteiger partial charge in [0.05, 0.1) is 18.2 Å². The van der Waals surface area contributed by atoms with Crippen molar-refractivity contribution < 1.29 is 0 Å². The third kappa shape index (κ3) is 2.46. The van der Waals surface area contributed by atoms with Crippen molar-refractivity contribution in [2.75, 3.05) is 0 Å². The minimum absolute atomic E-state index is 0.711. The van der Waals surface area contributed by atoms with Crippen LogP contribution in [0.3, 0.4) is 0 Å². The fourth-order valence-electron chi connectivity index (χ4n) is 1.71. The Morgan fingerprint density at radius 3 is 2.47 bits per heavy atom. The molecule has 0 spiro atoms. The fraction of sp³-hybridized carbons (Fsp3) is 0.308. The van der Waals surface area contributed by atoms with Gasteiger partial charge in [-0.25, -0.2) is 4.98 Å². The van der Waals surface area contributed by atoms with Crippen LogP contribution in [-0.2, 0) is 6.42 Å². The maximum absolute atomic E-state index is 4.01. The molecule has 0 amide bonds. The number of benzene rings is 1. The van der Waals surface area contributed by atoms with Gasteiger partial charge in [-0.05, 0) is 23.5 Å². The molecule has 15 heavy (non-hydrogen) atoms. The normalized spacial score (nSPS) is 10.9. The number of aromatic nitrogens is 2. The van der Waals surface area contributed by atoms with Crippen molar-refractivity contribution >= 4 is 0 Å². The van der Waals surface area contributed by atoms with Crippen LogP contribution in [0.15, 0.2) is 36.8 Å². The lowest BCUT2D eigenvalue weighted by atomic mass is 10.0. The number of H-pyrrole nitrogens is 1. The molecular weight excluding hydrogens is 184 g/mol. The molecule has 1 N–H and O–H groups in total. The van der Waals surface area contributed by atoms with E-state index in [2.05, 4.69) is 48.1 Å². The zero-order chi connectivity index (χ0) is 10.7. The second kappa shape index (κ2) is 4.30. The number of nitrogens with one attached hydrogen (secondary N) is 1. The van der Waals surface area contributed by atoms with Gasteiger partial charge in [-0.15, -0.1) is 0 Å². The largest absolute Gasteiger partial charge is 0.345 e. The minimum Gasteiger partial charge on any atom is -0.345 e. The summed E-state index contributed by atoms with van der Waals surface area (Å²) in [6.07, 6.45) is 4.69. The van der Waals surface area contributed by atoms with Crippen LogP contribution in [0.2, 0.25) is 0 Å². The quantitative estimate of drug-likeness (QED) is 0.809. The minimum atomic E-state index is 0.711. The van der Waals surface area contributed by atoms with E-state index in [1.807, 2.05) is 6.20 Å². The van der Waals surface area contributed by atoms with E-state index in [0.29, 0.717) is 5.92 Å². The highest BCUT2D eigenvalue weighted by molar-refractivity contribution is 5.58. The number of rotatable bonds is 3.